The summed E-state index contributed by atoms with van der Waals surface area (Å²) in [5, 5.41) is 0. The fraction of sp³-hybridized carbons (Fsp3) is 0.417. The number of rotatable bonds is 4. The van der Waals surface area contributed by atoms with Gasteiger partial charge in [-0.3, -0.25) is 4.79 Å². The quantitative estimate of drug-likeness (QED) is 0.712. The van der Waals surface area contributed by atoms with Crippen LogP contribution in [0.5, 0.6) is 5.75 Å². The van der Waals surface area contributed by atoms with Crippen LogP contribution in [0.15, 0.2) is 30.3 Å². The molecule has 0 spiro atoms. The molecule has 3 nitrogen and oxygen atoms in total. The molecule has 0 heterocycles. The van der Waals surface area contributed by atoms with Crippen molar-refractivity contribution in [3.05, 3.63) is 30.3 Å². The van der Waals surface area contributed by atoms with Crippen LogP contribution in [0.4, 0.5) is 0 Å². The maximum atomic E-state index is 11.4. The van der Waals surface area contributed by atoms with Gasteiger partial charge in [-0.15, -0.1) is 0 Å². The average Bonchev–Trinajstić information content (AvgIpc) is 2.27. The largest absolute Gasteiger partial charge is 0.492 e. The number of esters is 1. The molecule has 15 heavy (non-hydrogen) atoms. The van der Waals surface area contributed by atoms with Crippen LogP contribution >= 0.6 is 0 Å². The Morgan fingerprint density at radius 1 is 1.27 bits per heavy atom. The molecule has 0 N–H and O–H groups in total. The van der Waals surface area contributed by atoms with Crippen molar-refractivity contribution >= 4 is 5.97 Å². The first kappa shape index (κ1) is 11.6. The summed E-state index contributed by atoms with van der Waals surface area (Å²) in [5.74, 6) is 0.493. The van der Waals surface area contributed by atoms with E-state index in [4.69, 9.17) is 4.74 Å². The van der Waals surface area contributed by atoms with Gasteiger partial charge in [0.1, 0.15) is 12.4 Å². The minimum absolute atomic E-state index is 0.265. The number of hydrogen-bond donors (Lipinski definition) is 0. The molecule has 1 rings (SSSR count). The zero-order valence-corrected chi connectivity index (χ0v) is 9.32. The van der Waals surface area contributed by atoms with Gasteiger partial charge in [-0.2, -0.15) is 0 Å². The van der Waals surface area contributed by atoms with E-state index in [0.29, 0.717) is 6.61 Å². The molecule has 1 aromatic carbocycles. The van der Waals surface area contributed by atoms with Crippen molar-refractivity contribution in [2.24, 2.45) is 5.41 Å². The van der Waals surface area contributed by atoms with Crippen LogP contribution < -0.4 is 4.74 Å². The Morgan fingerprint density at radius 2 is 1.87 bits per heavy atom. The fourth-order valence-electron chi connectivity index (χ4n) is 1.12. The summed E-state index contributed by atoms with van der Waals surface area (Å²) < 4.78 is 10.2. The SMILES string of the molecule is COC(=O)C(C)(C)COc1ccccc1. The van der Waals surface area contributed by atoms with E-state index < -0.39 is 5.41 Å². The molecule has 0 saturated carbocycles. The van der Waals surface area contributed by atoms with Crippen LogP contribution in [0.25, 0.3) is 0 Å². The predicted octanol–water partition coefficient (Wildman–Crippen LogP) is 2.26. The number of ether oxygens (including phenoxy) is 2. The van der Waals surface area contributed by atoms with Gasteiger partial charge >= 0.3 is 5.97 Å². The second-order valence-electron chi connectivity index (χ2n) is 3.98. The van der Waals surface area contributed by atoms with Crippen molar-refractivity contribution in [2.75, 3.05) is 13.7 Å². The molecule has 0 saturated heterocycles. The Morgan fingerprint density at radius 3 is 2.40 bits per heavy atom. The van der Waals surface area contributed by atoms with E-state index >= 15 is 0 Å². The molecular weight excluding hydrogens is 192 g/mol. The van der Waals surface area contributed by atoms with E-state index in [-0.39, 0.29) is 5.97 Å². The van der Waals surface area contributed by atoms with E-state index in [1.165, 1.54) is 7.11 Å². The zero-order chi connectivity index (χ0) is 11.3. The lowest BCUT2D eigenvalue weighted by Gasteiger charge is -2.21. The minimum Gasteiger partial charge on any atom is -0.492 e. The lowest BCUT2D eigenvalue weighted by atomic mass is 9.95. The summed E-state index contributed by atoms with van der Waals surface area (Å²) in [6.45, 7) is 3.90. The summed E-state index contributed by atoms with van der Waals surface area (Å²) in [7, 11) is 1.38. The molecule has 0 aliphatic carbocycles. The first-order valence-corrected chi connectivity index (χ1v) is 4.82. The van der Waals surface area contributed by atoms with Gasteiger partial charge in [0.15, 0.2) is 0 Å². The topological polar surface area (TPSA) is 35.5 Å². The van der Waals surface area contributed by atoms with E-state index in [9.17, 15) is 4.79 Å². The Kier molecular flexibility index (Phi) is 3.72. The maximum absolute atomic E-state index is 11.4. The number of carbonyl (C=O) groups excluding carboxylic acids is 1. The Hall–Kier alpha value is -1.51. The highest BCUT2D eigenvalue weighted by Crippen LogP contribution is 2.19. The summed E-state index contributed by atoms with van der Waals surface area (Å²) >= 11 is 0. The third-order valence-electron chi connectivity index (χ3n) is 2.08. The molecule has 0 aliphatic heterocycles. The zero-order valence-electron chi connectivity index (χ0n) is 9.32. The lowest BCUT2D eigenvalue weighted by Crippen LogP contribution is -2.32. The van der Waals surface area contributed by atoms with Gasteiger partial charge in [0.25, 0.3) is 0 Å². The summed E-state index contributed by atoms with van der Waals surface area (Å²) in [4.78, 5) is 11.4. The van der Waals surface area contributed by atoms with Gasteiger partial charge in [-0.25, -0.2) is 0 Å². The van der Waals surface area contributed by atoms with Gasteiger partial charge in [0, 0.05) is 0 Å². The second-order valence-corrected chi connectivity index (χ2v) is 3.98. The normalized spacial score (nSPS) is 10.9. The van der Waals surface area contributed by atoms with Crippen LogP contribution in [0.2, 0.25) is 0 Å². The van der Waals surface area contributed by atoms with Crippen molar-refractivity contribution in [3.8, 4) is 5.75 Å². The first-order valence-electron chi connectivity index (χ1n) is 4.82. The van der Waals surface area contributed by atoms with Crippen molar-refractivity contribution in [3.63, 3.8) is 0 Å². The molecule has 3 heteroatoms. The number of benzene rings is 1. The summed E-state index contributed by atoms with van der Waals surface area (Å²) in [6, 6.07) is 9.40. The smallest absolute Gasteiger partial charge is 0.314 e. The molecule has 0 unspecified atom stereocenters. The molecule has 0 fully saturated rings. The van der Waals surface area contributed by atoms with Gasteiger partial charge in [-0.05, 0) is 26.0 Å². The highest BCUT2D eigenvalue weighted by Gasteiger charge is 2.29. The van der Waals surface area contributed by atoms with E-state index in [2.05, 4.69) is 4.74 Å². The molecule has 0 atom stereocenters. The van der Waals surface area contributed by atoms with Gasteiger partial charge in [0.05, 0.1) is 12.5 Å². The molecule has 0 amide bonds. The molecule has 0 aromatic heterocycles. The molecule has 0 radical (unpaired) electrons. The van der Waals surface area contributed by atoms with Crippen LogP contribution in [0.3, 0.4) is 0 Å². The molecule has 1 aromatic rings. The predicted molar refractivity (Wildman–Crippen MR) is 57.7 cm³/mol. The van der Waals surface area contributed by atoms with Crippen molar-refractivity contribution < 1.29 is 14.3 Å². The Balaban J connectivity index is 2.53. The second kappa shape index (κ2) is 4.82. The van der Waals surface area contributed by atoms with E-state index in [1.807, 2.05) is 30.3 Å². The fourth-order valence-corrected chi connectivity index (χ4v) is 1.12. The Labute approximate surface area is 90.0 Å². The number of methoxy groups -OCH3 is 1. The highest BCUT2D eigenvalue weighted by atomic mass is 16.5. The molecular formula is C12H16O3. The van der Waals surface area contributed by atoms with Crippen LogP contribution in [0, 0.1) is 5.41 Å². The standard InChI is InChI=1S/C12H16O3/c1-12(2,11(13)14-3)9-15-10-7-5-4-6-8-10/h4-8H,9H2,1-3H3. The van der Waals surface area contributed by atoms with E-state index in [0.717, 1.165) is 5.75 Å². The molecule has 82 valence electrons. The monoisotopic (exact) mass is 208 g/mol. The van der Waals surface area contributed by atoms with Gasteiger partial charge < -0.3 is 9.47 Å². The Bertz CT molecular complexity index is 317. The van der Waals surface area contributed by atoms with Crippen molar-refractivity contribution in [2.45, 2.75) is 13.8 Å². The van der Waals surface area contributed by atoms with Crippen molar-refractivity contribution in [1.82, 2.24) is 0 Å². The number of para-hydroxylation sites is 1. The number of hydrogen-bond acceptors (Lipinski definition) is 3. The summed E-state index contributed by atoms with van der Waals surface area (Å²) in [5.41, 5.74) is -0.620. The van der Waals surface area contributed by atoms with Gasteiger partial charge in [-0.1, -0.05) is 18.2 Å². The highest BCUT2D eigenvalue weighted by molar-refractivity contribution is 5.75. The van der Waals surface area contributed by atoms with E-state index in [1.54, 1.807) is 13.8 Å². The van der Waals surface area contributed by atoms with Crippen LogP contribution in [-0.4, -0.2) is 19.7 Å². The molecule has 0 bridgehead atoms. The van der Waals surface area contributed by atoms with Crippen LogP contribution in [-0.2, 0) is 9.53 Å². The summed E-state index contributed by atoms with van der Waals surface area (Å²) in [6.07, 6.45) is 0. The third kappa shape index (κ3) is 3.27. The maximum Gasteiger partial charge on any atom is 0.314 e. The van der Waals surface area contributed by atoms with Gasteiger partial charge in [0.2, 0.25) is 0 Å². The minimum atomic E-state index is -0.620. The first-order chi connectivity index (χ1) is 7.06. The molecule has 0 aliphatic rings. The van der Waals surface area contributed by atoms with Crippen molar-refractivity contribution in [1.29, 1.82) is 0 Å². The number of carbonyl (C=O) groups is 1. The third-order valence-corrected chi connectivity index (χ3v) is 2.08. The van der Waals surface area contributed by atoms with Crippen LogP contribution in [0.1, 0.15) is 13.8 Å². The lowest BCUT2D eigenvalue weighted by molar-refractivity contribution is -0.152. The average molecular weight is 208 g/mol.